The molecule has 320 valence electrons. The number of unbranched alkanes of at least 4 members (excludes halogenated alkanes) is 3. The number of fused-ring (bicyclic) bond motifs is 8. The Kier molecular flexibility index (Phi) is 13.5. The van der Waals surface area contributed by atoms with E-state index < -0.39 is 7.26 Å². The second-order valence-corrected chi connectivity index (χ2v) is 21.8. The van der Waals surface area contributed by atoms with Crippen molar-refractivity contribution in [3.8, 4) is 0 Å². The van der Waals surface area contributed by atoms with Gasteiger partial charge >= 0.3 is 195 Å². The van der Waals surface area contributed by atoms with Crippen LogP contribution in [0.5, 0.6) is 0 Å². The van der Waals surface area contributed by atoms with Gasteiger partial charge in [-0.25, -0.2) is 4.98 Å². The summed E-state index contributed by atoms with van der Waals surface area (Å²) in [5, 5.41) is 8.35. The van der Waals surface area contributed by atoms with Gasteiger partial charge in [-0.05, 0) is 86.2 Å². The predicted molar refractivity (Wildman–Crippen MR) is 271 cm³/mol. The van der Waals surface area contributed by atoms with E-state index in [1.54, 1.807) is 0 Å². The van der Waals surface area contributed by atoms with Gasteiger partial charge in [0.2, 0.25) is 0 Å². The van der Waals surface area contributed by atoms with Crippen LogP contribution in [0.15, 0.2) is 122 Å². The topological polar surface area (TPSA) is 69.4 Å². The summed E-state index contributed by atoms with van der Waals surface area (Å²) in [7, 11) is -2.16. The molecule has 0 spiro atoms. The first-order valence-electron chi connectivity index (χ1n) is 23.2. The Morgan fingerprint density at radius 1 is 0.645 bits per heavy atom. The summed E-state index contributed by atoms with van der Waals surface area (Å²) in [6.45, 7) is 19.7. The van der Waals surface area contributed by atoms with Crippen molar-refractivity contribution in [2.75, 3.05) is 19.3 Å². The summed E-state index contributed by atoms with van der Waals surface area (Å²) < 4.78 is 0. The van der Waals surface area contributed by atoms with E-state index in [0.29, 0.717) is 11.8 Å². The molecule has 3 aromatic carbocycles. The van der Waals surface area contributed by atoms with Crippen molar-refractivity contribution in [1.82, 2.24) is 25.3 Å². The van der Waals surface area contributed by atoms with E-state index in [1.807, 2.05) is 6.08 Å². The molecule has 3 aromatic heterocycles. The normalized spacial score (nSPS) is 15.6. The van der Waals surface area contributed by atoms with Gasteiger partial charge < -0.3 is 9.97 Å². The van der Waals surface area contributed by atoms with Crippen LogP contribution in [0, 0.1) is 20.8 Å². The number of aromatic nitrogens is 4. The Bertz CT molecular complexity index is 2610. The fourth-order valence-corrected chi connectivity index (χ4v) is 15.3. The van der Waals surface area contributed by atoms with E-state index in [2.05, 4.69) is 179 Å². The van der Waals surface area contributed by atoms with E-state index in [1.165, 1.54) is 81.3 Å². The number of allylic oxidation sites excluding steroid dienone is 2. The third kappa shape index (κ3) is 8.68. The first-order chi connectivity index (χ1) is 30.2. The average Bonchev–Trinajstić information content (AvgIpc) is 4.00. The molecule has 0 fully saturated rings. The van der Waals surface area contributed by atoms with Crippen LogP contribution in [0.4, 0.5) is 0 Å². The van der Waals surface area contributed by atoms with Crippen LogP contribution >= 0.6 is 7.26 Å². The molecule has 0 saturated heterocycles. The molecule has 0 radical (unpaired) electrons. The molecule has 2 atom stereocenters. The summed E-state index contributed by atoms with van der Waals surface area (Å²) in [4.78, 5) is 18.2. The van der Waals surface area contributed by atoms with Gasteiger partial charge in [-0.2, -0.15) is 0 Å². The van der Waals surface area contributed by atoms with Gasteiger partial charge in [-0.15, -0.1) is 0 Å². The monoisotopic (exact) mass is 840 g/mol. The third-order valence-corrected chi connectivity index (χ3v) is 19.1. The molecule has 5 nitrogen and oxygen atoms in total. The van der Waals surface area contributed by atoms with Gasteiger partial charge in [0.1, 0.15) is 0 Å². The average molecular weight is 840 g/mol. The van der Waals surface area contributed by atoms with Gasteiger partial charge in [0.05, 0.1) is 11.4 Å². The molecule has 0 saturated carbocycles. The summed E-state index contributed by atoms with van der Waals surface area (Å²) in [5.41, 5.74) is 16.1. The molecule has 3 N–H and O–H groups in total. The number of H-pyrrole nitrogens is 2. The quantitative estimate of drug-likeness (QED) is 0.0672. The Morgan fingerprint density at radius 2 is 1.23 bits per heavy atom. The zero-order valence-corrected chi connectivity index (χ0v) is 38.9. The minimum atomic E-state index is -2.16. The van der Waals surface area contributed by atoms with Gasteiger partial charge in [0.25, 0.3) is 0 Å². The van der Waals surface area contributed by atoms with E-state index in [9.17, 15) is 0 Å². The number of rotatable bonds is 16. The van der Waals surface area contributed by atoms with Gasteiger partial charge in [0.15, 0.2) is 0 Å². The van der Waals surface area contributed by atoms with Crippen molar-refractivity contribution in [2.24, 2.45) is 0 Å². The molecule has 8 rings (SSSR count). The van der Waals surface area contributed by atoms with Gasteiger partial charge in [-0.1, -0.05) is 26.5 Å². The first kappa shape index (κ1) is 43.3. The minimum absolute atomic E-state index is 0.298. The smallest absolute Gasteiger partial charge is 0.0562 e. The number of aromatic amines is 2. The predicted octanol–water partition coefficient (Wildman–Crippen LogP) is 12.8. The maximum atomic E-state index is 5.46. The van der Waals surface area contributed by atoms with Crippen molar-refractivity contribution >= 4 is 62.5 Å². The molecule has 6 heteroatoms. The molecule has 62 heavy (non-hydrogen) atoms. The van der Waals surface area contributed by atoms with Crippen LogP contribution in [0.1, 0.15) is 123 Å². The van der Waals surface area contributed by atoms with Crippen LogP contribution < -0.4 is 21.2 Å². The summed E-state index contributed by atoms with van der Waals surface area (Å²) in [5.74, 6) is 0.637. The van der Waals surface area contributed by atoms with Crippen molar-refractivity contribution < 1.29 is 0 Å². The summed E-state index contributed by atoms with van der Waals surface area (Å²) in [6, 6.07) is 43.1. The Balaban J connectivity index is 0.952. The third-order valence-electron chi connectivity index (χ3n) is 14.0. The number of nitrogens with zero attached hydrogens (tertiary/aromatic N) is 2. The fraction of sp³-hybridized carbons (Fsp3) is 0.321. The van der Waals surface area contributed by atoms with Crippen LogP contribution in [-0.4, -0.2) is 39.2 Å². The zero-order valence-electron chi connectivity index (χ0n) is 37.9. The molecule has 5 heterocycles. The van der Waals surface area contributed by atoms with Crippen LogP contribution in [0.2, 0.25) is 0 Å². The summed E-state index contributed by atoms with van der Waals surface area (Å²) in [6.07, 6.45) is 11.3. The number of nitrogens with one attached hydrogen (secondary N) is 3. The Labute approximate surface area is 370 Å². The molecule has 0 unspecified atom stereocenters. The van der Waals surface area contributed by atoms with Gasteiger partial charge in [0, 0.05) is 33.3 Å². The summed E-state index contributed by atoms with van der Waals surface area (Å²) >= 11 is 0. The number of benzene rings is 3. The number of hydrogen-bond acceptors (Lipinski definition) is 3. The van der Waals surface area contributed by atoms with E-state index in [0.717, 1.165) is 77.1 Å². The number of hydrogen-bond donors (Lipinski definition) is 3. The molecular weight excluding hydrogens is 774 g/mol. The molecule has 2 aliphatic rings. The standard InChI is InChI=1S/C56H66N5P/c1-8-46-40(5)52-37-55-47(9-2)39(4)51(59-55)36-53-41(6)48(56(61-53)42(7)50-34-38(3)49(58-50)35-54(46)60-52)30-23-32-57-31-21-10-11-22-33-62(43-24-15-12-16-25-43,44-26-17-13-18-27-44)45-28-19-14-20-29-45/h9,12-20,24-29,34-37,41,48,57-59,62H,2,8,10-11,21-23,30-33H2,1,3-7H3/t41-,48-/m0/s1. The Morgan fingerprint density at radius 3 is 1.85 bits per heavy atom. The minimum Gasteiger partial charge on any atom is -0.0562 e. The molecule has 0 amide bonds. The van der Waals surface area contributed by atoms with Crippen molar-refractivity contribution in [1.29, 1.82) is 0 Å². The molecular formula is C56H66N5P. The van der Waals surface area contributed by atoms with Gasteiger partial charge in [-0.3, -0.25) is 4.98 Å². The van der Waals surface area contributed by atoms with Crippen molar-refractivity contribution in [2.45, 2.75) is 98.3 Å². The molecule has 6 aromatic rings. The van der Waals surface area contributed by atoms with E-state index in [-0.39, 0.29) is 0 Å². The van der Waals surface area contributed by atoms with E-state index in [4.69, 9.17) is 9.97 Å². The fourth-order valence-electron chi connectivity index (χ4n) is 10.3. The Hall–Kier alpha value is -5.35. The maximum absolute atomic E-state index is 5.46. The molecule has 2 aliphatic heterocycles. The molecule has 0 aliphatic carbocycles. The van der Waals surface area contributed by atoms with Crippen molar-refractivity contribution in [3.63, 3.8) is 0 Å². The van der Waals surface area contributed by atoms with Crippen LogP contribution in [0.25, 0.3) is 39.3 Å². The number of aryl methyl sites for hydroxylation is 3. The second-order valence-electron chi connectivity index (χ2n) is 17.7. The molecule has 8 bridgehead atoms. The second kappa shape index (κ2) is 19.4. The first-order valence-corrected chi connectivity index (χ1v) is 25.4. The van der Waals surface area contributed by atoms with Crippen molar-refractivity contribution in [3.05, 3.63) is 167 Å². The van der Waals surface area contributed by atoms with Crippen LogP contribution in [0.3, 0.4) is 0 Å². The van der Waals surface area contributed by atoms with Crippen LogP contribution in [-0.2, 0) is 0 Å². The van der Waals surface area contributed by atoms with E-state index >= 15 is 0 Å². The SMILES string of the molecule is C=Cc1c(C)c2cc3nc(c(C)c4cc(C)c(cc5nc(cc1[nH]2)C(C)=C5CC)[nH]4)[C@@H](CCCNCCCCCC[PH](c1ccccc1)(c1ccccc1)c1ccccc1)[C@@H]3C. The zero-order chi connectivity index (χ0) is 43.2.